The van der Waals surface area contributed by atoms with Crippen LogP contribution in [-0.4, -0.2) is 12.8 Å². The second-order valence-electron chi connectivity index (χ2n) is 7.46. The standard InChI is InChI=1S/C14H20N2O.C8H10.C2H6.I2/c1-14(2,3)10-9-13(17)11-7-5-6-8-12(11)16-15-4;1-7-4-3-5-8(2)6-7;2*1-2/h5-8H,9-10H2,1-4H3;3-6H,1-2H3;1-2H3;. The lowest BCUT2D eigenvalue weighted by Crippen LogP contribution is -2.09. The molecular formula is C24H36I2N2O. The smallest absolute Gasteiger partial charge is 0.165 e. The molecule has 0 atom stereocenters. The van der Waals surface area contributed by atoms with E-state index in [-0.39, 0.29) is 11.2 Å². The Morgan fingerprint density at radius 3 is 1.86 bits per heavy atom. The Bertz CT molecular complexity index is 706. The molecule has 0 saturated carbocycles. The van der Waals surface area contributed by atoms with E-state index in [1.54, 1.807) is 7.05 Å². The Morgan fingerprint density at radius 2 is 1.45 bits per heavy atom. The first-order valence-electron chi connectivity index (χ1n) is 9.82. The summed E-state index contributed by atoms with van der Waals surface area (Å²) >= 11 is 4.24. The van der Waals surface area contributed by atoms with Gasteiger partial charge in [-0.1, -0.05) is 82.1 Å². The van der Waals surface area contributed by atoms with Gasteiger partial charge in [0.05, 0.1) is 5.69 Å². The molecule has 0 unspecified atom stereocenters. The summed E-state index contributed by atoms with van der Waals surface area (Å²) in [6, 6.07) is 15.8. The van der Waals surface area contributed by atoms with Crippen molar-refractivity contribution in [3.63, 3.8) is 0 Å². The van der Waals surface area contributed by atoms with Crippen LogP contribution in [-0.2, 0) is 0 Å². The van der Waals surface area contributed by atoms with Gasteiger partial charge >= 0.3 is 0 Å². The lowest BCUT2D eigenvalue weighted by Gasteiger charge is -2.17. The Morgan fingerprint density at radius 1 is 0.931 bits per heavy atom. The normalized spacial score (nSPS) is 10.0. The summed E-state index contributed by atoms with van der Waals surface area (Å²) in [5, 5.41) is 7.71. The molecule has 0 aliphatic carbocycles. The molecule has 0 radical (unpaired) electrons. The second-order valence-corrected chi connectivity index (χ2v) is 7.46. The van der Waals surface area contributed by atoms with Crippen molar-refractivity contribution in [2.45, 2.75) is 61.3 Å². The minimum absolute atomic E-state index is 0.142. The molecule has 0 amide bonds. The van der Waals surface area contributed by atoms with E-state index < -0.39 is 0 Å². The Balaban J connectivity index is 0. The van der Waals surface area contributed by atoms with Gasteiger partial charge in [0.25, 0.3) is 0 Å². The van der Waals surface area contributed by atoms with E-state index in [0.717, 1.165) is 6.42 Å². The fourth-order valence-electron chi connectivity index (χ4n) is 2.33. The number of carbonyl (C=O) groups excluding carboxylic acids is 1. The Labute approximate surface area is 201 Å². The number of Topliss-reactive ketones (excluding diaryl/α,β-unsaturated/α-hetero) is 1. The molecule has 2 aromatic rings. The van der Waals surface area contributed by atoms with Gasteiger partial charge in [-0.15, -0.1) is 0 Å². The SMILES string of the molecule is CC.CN=Nc1ccccc1C(=O)CCC(C)(C)C.Cc1cccc(C)c1.II. The third-order valence-corrected chi connectivity index (χ3v) is 3.69. The lowest BCUT2D eigenvalue weighted by atomic mass is 9.88. The molecule has 0 aromatic heterocycles. The highest BCUT2D eigenvalue weighted by Gasteiger charge is 2.16. The minimum Gasteiger partial charge on any atom is -0.294 e. The highest BCUT2D eigenvalue weighted by atomic mass is 128. The van der Waals surface area contributed by atoms with Gasteiger partial charge in [0.2, 0.25) is 0 Å². The molecule has 0 saturated heterocycles. The van der Waals surface area contributed by atoms with Crippen LogP contribution in [0.3, 0.4) is 0 Å². The number of nitrogens with zero attached hydrogens (tertiary/aromatic N) is 2. The molecule has 162 valence electrons. The van der Waals surface area contributed by atoms with Gasteiger partial charge in [0, 0.05) is 56.3 Å². The quantitative estimate of drug-likeness (QED) is 0.190. The summed E-state index contributed by atoms with van der Waals surface area (Å²) in [4.78, 5) is 12.1. The lowest BCUT2D eigenvalue weighted by molar-refractivity contribution is 0.0966. The number of aryl methyl sites for hydroxylation is 2. The first-order chi connectivity index (χ1) is 13.7. The maximum absolute atomic E-state index is 12.1. The molecule has 0 aliphatic heterocycles. The van der Waals surface area contributed by atoms with E-state index in [2.05, 4.69) is 106 Å². The number of ketones is 1. The van der Waals surface area contributed by atoms with E-state index in [0.29, 0.717) is 17.7 Å². The molecule has 5 heteroatoms. The molecule has 0 aliphatic rings. The Hall–Kier alpha value is -0.830. The number of rotatable bonds is 4. The van der Waals surface area contributed by atoms with Crippen molar-refractivity contribution in [3.05, 3.63) is 65.2 Å². The first-order valence-corrected chi connectivity index (χ1v) is 16.1. The molecule has 3 nitrogen and oxygen atoms in total. The summed E-state index contributed by atoms with van der Waals surface area (Å²) in [5.41, 5.74) is 4.18. The zero-order valence-electron chi connectivity index (χ0n) is 19.1. The predicted octanol–water partition coefficient (Wildman–Crippen LogP) is 9.51. The molecule has 0 heterocycles. The van der Waals surface area contributed by atoms with Gasteiger partial charge < -0.3 is 0 Å². The van der Waals surface area contributed by atoms with Crippen LogP contribution in [0.2, 0.25) is 0 Å². The van der Waals surface area contributed by atoms with Crippen LogP contribution in [0.5, 0.6) is 0 Å². The minimum atomic E-state index is 0.142. The van der Waals surface area contributed by atoms with Crippen molar-refractivity contribution in [3.8, 4) is 0 Å². The highest BCUT2D eigenvalue weighted by molar-refractivity contribution is 15.0. The van der Waals surface area contributed by atoms with Gasteiger partial charge in [-0.3, -0.25) is 4.79 Å². The number of hydrogen-bond acceptors (Lipinski definition) is 3. The summed E-state index contributed by atoms with van der Waals surface area (Å²) < 4.78 is 0. The average Bonchev–Trinajstić information content (AvgIpc) is 2.70. The molecule has 0 fully saturated rings. The second kappa shape index (κ2) is 18.0. The van der Waals surface area contributed by atoms with Gasteiger partial charge in [0.15, 0.2) is 5.78 Å². The van der Waals surface area contributed by atoms with Gasteiger partial charge in [-0.25, -0.2) is 0 Å². The molecule has 0 N–H and O–H groups in total. The molecule has 2 rings (SSSR count). The van der Waals surface area contributed by atoms with Crippen LogP contribution in [0.1, 0.15) is 68.9 Å². The average molecular weight is 622 g/mol. The number of carbonyl (C=O) groups is 1. The number of hydrogen-bond donors (Lipinski definition) is 0. The van der Waals surface area contributed by atoms with E-state index in [1.165, 1.54) is 11.1 Å². The van der Waals surface area contributed by atoms with Crippen molar-refractivity contribution < 1.29 is 4.79 Å². The van der Waals surface area contributed by atoms with Crippen LogP contribution in [0.25, 0.3) is 0 Å². The van der Waals surface area contributed by atoms with E-state index in [4.69, 9.17) is 0 Å². The van der Waals surface area contributed by atoms with Crippen molar-refractivity contribution in [2.24, 2.45) is 15.6 Å². The van der Waals surface area contributed by atoms with Crippen LogP contribution in [0, 0.1) is 19.3 Å². The van der Waals surface area contributed by atoms with Crippen LogP contribution >= 0.6 is 37.2 Å². The number of azo groups is 1. The van der Waals surface area contributed by atoms with Crippen molar-refractivity contribution >= 4 is 48.7 Å². The molecule has 0 bridgehead atoms. The van der Waals surface area contributed by atoms with Gasteiger partial charge in [-0.2, -0.15) is 10.2 Å². The van der Waals surface area contributed by atoms with Crippen LogP contribution in [0.4, 0.5) is 5.69 Å². The fraction of sp³-hybridized carbons (Fsp3) is 0.458. The van der Waals surface area contributed by atoms with E-state index in [9.17, 15) is 4.79 Å². The van der Waals surface area contributed by atoms with Crippen LogP contribution < -0.4 is 0 Å². The monoisotopic (exact) mass is 622 g/mol. The molecule has 2 aromatic carbocycles. The summed E-state index contributed by atoms with van der Waals surface area (Å²) in [5.74, 6) is 0.142. The predicted molar refractivity (Wildman–Crippen MR) is 145 cm³/mol. The highest BCUT2D eigenvalue weighted by Crippen LogP contribution is 2.25. The van der Waals surface area contributed by atoms with E-state index >= 15 is 0 Å². The van der Waals surface area contributed by atoms with Gasteiger partial charge in [-0.05, 0) is 37.8 Å². The van der Waals surface area contributed by atoms with Crippen LogP contribution in [0.15, 0.2) is 58.8 Å². The third-order valence-electron chi connectivity index (χ3n) is 3.69. The fourth-order valence-corrected chi connectivity index (χ4v) is 2.33. The molecule has 29 heavy (non-hydrogen) atoms. The van der Waals surface area contributed by atoms with Crippen molar-refractivity contribution in [1.29, 1.82) is 0 Å². The van der Waals surface area contributed by atoms with E-state index in [1.807, 2.05) is 38.1 Å². The summed E-state index contributed by atoms with van der Waals surface area (Å²) in [6.07, 6.45) is 1.43. The Kier molecular flexibility index (Phi) is 18.8. The topological polar surface area (TPSA) is 41.8 Å². The maximum atomic E-state index is 12.1. The number of benzene rings is 2. The maximum Gasteiger partial charge on any atom is 0.165 e. The third kappa shape index (κ3) is 15.6. The van der Waals surface area contributed by atoms with Crippen molar-refractivity contribution in [2.75, 3.05) is 7.05 Å². The van der Waals surface area contributed by atoms with Crippen molar-refractivity contribution in [1.82, 2.24) is 0 Å². The molecule has 0 spiro atoms. The molecular weight excluding hydrogens is 586 g/mol. The zero-order chi connectivity index (χ0) is 22.9. The first kappa shape index (κ1) is 30.4. The van der Waals surface area contributed by atoms with Gasteiger partial charge in [0.1, 0.15) is 0 Å². The summed E-state index contributed by atoms with van der Waals surface area (Å²) in [7, 11) is 1.61. The largest absolute Gasteiger partial charge is 0.294 e. The zero-order valence-corrected chi connectivity index (χ0v) is 23.4. The number of halogens is 2. The summed E-state index contributed by atoms with van der Waals surface area (Å²) in [6.45, 7) is 14.6.